The van der Waals surface area contributed by atoms with E-state index in [0.717, 1.165) is 25.3 Å². The van der Waals surface area contributed by atoms with Crippen LogP contribution in [0, 0.1) is 22.6 Å². The van der Waals surface area contributed by atoms with Crippen LogP contribution in [0.3, 0.4) is 0 Å². The Hall–Kier alpha value is -2.39. The highest BCUT2D eigenvalue weighted by Gasteiger charge is 2.39. The third-order valence-electron chi connectivity index (χ3n) is 8.91. The number of nitrogens with one attached hydrogen (secondary N) is 2. The first-order valence-electron chi connectivity index (χ1n) is 13.5. The molecule has 0 radical (unpaired) electrons. The van der Waals surface area contributed by atoms with Crippen LogP contribution < -0.4 is 20.1 Å². The van der Waals surface area contributed by atoms with Gasteiger partial charge >= 0.3 is 0 Å². The van der Waals surface area contributed by atoms with Crippen molar-refractivity contribution in [1.29, 1.82) is 0 Å². The van der Waals surface area contributed by atoms with Crippen molar-refractivity contribution in [3.05, 3.63) is 23.5 Å². The third kappa shape index (κ3) is 6.20. The predicted octanol–water partition coefficient (Wildman–Crippen LogP) is 3.68. The van der Waals surface area contributed by atoms with E-state index in [-0.39, 0.29) is 46.4 Å². The van der Waals surface area contributed by atoms with Crippen molar-refractivity contribution < 1.29 is 33.7 Å². The lowest BCUT2D eigenvalue weighted by molar-refractivity contribution is -0.147. The average molecular weight is 521 g/mol. The molecule has 2 amide bonds. The monoisotopic (exact) mass is 520 g/mol. The van der Waals surface area contributed by atoms with Crippen LogP contribution in [-0.2, 0) is 4.79 Å². The Labute approximate surface area is 218 Å². The molecular weight excluding hydrogens is 479 g/mol. The molecule has 0 unspecified atom stereocenters. The summed E-state index contributed by atoms with van der Waals surface area (Å²) in [6, 6.07) is 2.20. The standard InChI is InChI=1S/C28H41FN2O6/c1-27(10-5-11-27)16-30-24(32)18-6-4-7-21(18)31-25(33)19-14-23(20(29)15-22(19)36-3)37-17-8-12-28(2,13-9-17)26(34)35/h14-15,17-18,21,26,34-35H,4-13,16H2,1-3H3,(H,30,32)(H,31,33)/t17?,18-,21+,28?/m0/s1. The lowest BCUT2D eigenvalue weighted by Crippen LogP contribution is -2.47. The molecule has 9 heteroatoms. The van der Waals surface area contributed by atoms with E-state index in [4.69, 9.17) is 9.47 Å². The van der Waals surface area contributed by atoms with Crippen LogP contribution in [0.15, 0.2) is 12.1 Å². The van der Waals surface area contributed by atoms with Gasteiger partial charge in [-0.1, -0.05) is 26.7 Å². The van der Waals surface area contributed by atoms with Crippen molar-refractivity contribution in [2.75, 3.05) is 13.7 Å². The largest absolute Gasteiger partial charge is 0.496 e. The van der Waals surface area contributed by atoms with Crippen molar-refractivity contribution in [3.8, 4) is 11.5 Å². The first-order valence-corrected chi connectivity index (χ1v) is 13.5. The van der Waals surface area contributed by atoms with Gasteiger partial charge < -0.3 is 30.3 Å². The van der Waals surface area contributed by atoms with Crippen LogP contribution in [0.1, 0.15) is 88.4 Å². The Kier molecular flexibility index (Phi) is 8.33. The predicted molar refractivity (Wildman–Crippen MR) is 136 cm³/mol. The summed E-state index contributed by atoms with van der Waals surface area (Å²) < 4.78 is 26.0. The molecule has 0 spiro atoms. The van der Waals surface area contributed by atoms with Gasteiger partial charge in [-0.05, 0) is 62.8 Å². The molecule has 0 bridgehead atoms. The van der Waals surface area contributed by atoms with E-state index in [1.807, 2.05) is 6.92 Å². The Balaban J connectivity index is 1.41. The molecule has 206 valence electrons. The van der Waals surface area contributed by atoms with Crippen molar-refractivity contribution in [3.63, 3.8) is 0 Å². The number of ether oxygens (including phenoxy) is 2. The topological polar surface area (TPSA) is 117 Å². The number of benzene rings is 1. The molecule has 3 aliphatic rings. The minimum absolute atomic E-state index is 0.0247. The molecule has 8 nitrogen and oxygen atoms in total. The normalized spacial score (nSPS) is 28.9. The van der Waals surface area contributed by atoms with E-state index in [1.165, 1.54) is 19.6 Å². The van der Waals surface area contributed by atoms with Crippen LogP contribution in [0.4, 0.5) is 4.39 Å². The maximum absolute atomic E-state index is 14.8. The Morgan fingerprint density at radius 3 is 2.35 bits per heavy atom. The van der Waals surface area contributed by atoms with Crippen LogP contribution in [0.5, 0.6) is 11.5 Å². The van der Waals surface area contributed by atoms with Gasteiger partial charge in [-0.15, -0.1) is 0 Å². The lowest BCUT2D eigenvalue weighted by Gasteiger charge is -2.38. The summed E-state index contributed by atoms with van der Waals surface area (Å²) in [6.45, 7) is 4.66. The Morgan fingerprint density at radius 2 is 1.76 bits per heavy atom. The molecule has 3 aliphatic carbocycles. The van der Waals surface area contributed by atoms with E-state index in [9.17, 15) is 24.2 Å². The molecule has 0 saturated heterocycles. The van der Waals surface area contributed by atoms with Gasteiger partial charge in [-0.2, -0.15) is 0 Å². The van der Waals surface area contributed by atoms with Crippen molar-refractivity contribution in [2.24, 2.45) is 16.7 Å². The van der Waals surface area contributed by atoms with Gasteiger partial charge in [0.2, 0.25) is 5.91 Å². The first kappa shape index (κ1) is 27.6. The van der Waals surface area contributed by atoms with Crippen molar-refractivity contribution in [1.82, 2.24) is 10.6 Å². The fraction of sp³-hybridized carbons (Fsp3) is 0.714. The first-order chi connectivity index (χ1) is 17.5. The molecule has 0 aliphatic heterocycles. The molecule has 3 saturated carbocycles. The molecule has 0 heterocycles. The van der Waals surface area contributed by atoms with Gasteiger partial charge in [-0.25, -0.2) is 4.39 Å². The zero-order chi connectivity index (χ0) is 26.8. The molecule has 0 aromatic heterocycles. The van der Waals surface area contributed by atoms with E-state index in [2.05, 4.69) is 17.6 Å². The van der Waals surface area contributed by atoms with Gasteiger partial charge in [0.05, 0.1) is 24.7 Å². The number of carbonyl (C=O) groups excluding carboxylic acids is 2. The summed E-state index contributed by atoms with van der Waals surface area (Å²) in [4.78, 5) is 26.2. The highest BCUT2D eigenvalue weighted by molar-refractivity contribution is 5.98. The number of halogens is 1. The van der Waals surface area contributed by atoms with Gasteiger partial charge in [0.15, 0.2) is 17.9 Å². The molecule has 1 aromatic rings. The summed E-state index contributed by atoms with van der Waals surface area (Å²) in [7, 11) is 1.38. The second-order valence-electron chi connectivity index (χ2n) is 11.8. The number of rotatable bonds is 9. The summed E-state index contributed by atoms with van der Waals surface area (Å²) in [5.41, 5.74) is -0.277. The Bertz CT molecular complexity index is 987. The second kappa shape index (κ2) is 11.2. The minimum Gasteiger partial charge on any atom is -0.496 e. The smallest absolute Gasteiger partial charge is 0.255 e. The number of aliphatic hydroxyl groups is 2. The Morgan fingerprint density at radius 1 is 1.05 bits per heavy atom. The van der Waals surface area contributed by atoms with Crippen molar-refractivity contribution in [2.45, 2.75) is 96.5 Å². The molecule has 3 fully saturated rings. The van der Waals surface area contributed by atoms with E-state index in [1.54, 1.807) is 0 Å². The van der Waals surface area contributed by atoms with E-state index >= 15 is 0 Å². The van der Waals surface area contributed by atoms with Crippen molar-refractivity contribution >= 4 is 11.8 Å². The van der Waals surface area contributed by atoms with E-state index in [0.29, 0.717) is 45.1 Å². The zero-order valence-electron chi connectivity index (χ0n) is 22.1. The molecular formula is C28H41FN2O6. The quantitative estimate of drug-likeness (QED) is 0.369. The second-order valence-corrected chi connectivity index (χ2v) is 11.8. The average Bonchev–Trinajstić information content (AvgIpc) is 3.31. The number of aliphatic hydroxyl groups excluding tert-OH is 1. The van der Waals surface area contributed by atoms with Gasteiger partial charge in [0, 0.05) is 24.1 Å². The van der Waals surface area contributed by atoms with Gasteiger partial charge in [-0.3, -0.25) is 9.59 Å². The summed E-state index contributed by atoms with van der Waals surface area (Å²) in [6.07, 6.45) is 6.14. The molecule has 4 rings (SSSR count). The summed E-state index contributed by atoms with van der Waals surface area (Å²) >= 11 is 0. The van der Waals surface area contributed by atoms with Crippen LogP contribution >= 0.6 is 0 Å². The SMILES string of the molecule is COc1cc(F)c(OC2CCC(C)(C(O)O)CC2)cc1C(=O)N[C@@H]1CCC[C@@H]1C(=O)NCC1(C)CCC1. The van der Waals surface area contributed by atoms with Crippen LogP contribution in [-0.4, -0.2) is 54.1 Å². The number of amides is 2. The lowest BCUT2D eigenvalue weighted by atomic mass is 9.70. The van der Waals surface area contributed by atoms with Gasteiger partial charge in [0.25, 0.3) is 5.91 Å². The molecule has 1 aromatic carbocycles. The van der Waals surface area contributed by atoms with Crippen LogP contribution in [0.25, 0.3) is 0 Å². The summed E-state index contributed by atoms with van der Waals surface area (Å²) in [5.74, 6) is -1.34. The minimum atomic E-state index is -1.41. The van der Waals surface area contributed by atoms with Crippen LogP contribution in [0.2, 0.25) is 0 Å². The molecule has 4 N–H and O–H groups in total. The fourth-order valence-corrected chi connectivity index (χ4v) is 5.86. The van der Waals surface area contributed by atoms with E-state index < -0.39 is 23.4 Å². The maximum Gasteiger partial charge on any atom is 0.255 e. The highest BCUT2D eigenvalue weighted by atomic mass is 19.1. The zero-order valence-corrected chi connectivity index (χ0v) is 22.1. The summed E-state index contributed by atoms with van der Waals surface area (Å²) in [5, 5.41) is 25.3. The third-order valence-corrected chi connectivity index (χ3v) is 8.91. The fourth-order valence-electron chi connectivity index (χ4n) is 5.86. The number of hydrogen-bond acceptors (Lipinski definition) is 6. The highest BCUT2D eigenvalue weighted by Crippen LogP contribution is 2.41. The van der Waals surface area contributed by atoms with Gasteiger partial charge in [0.1, 0.15) is 5.75 Å². The number of carbonyl (C=O) groups is 2. The number of methoxy groups -OCH3 is 1. The molecule has 2 atom stereocenters. The number of hydrogen-bond donors (Lipinski definition) is 4. The maximum atomic E-state index is 14.8. The molecule has 37 heavy (non-hydrogen) atoms.